The second-order valence-electron chi connectivity index (χ2n) is 5.15. The highest BCUT2D eigenvalue weighted by Gasteiger charge is 2.10. The SMILES string of the molecule is O=C(N/N=C\c1cc2ccccc2[nH]c1=O)c1cccc([N+](=O)[O-])c1. The number of nitro benzene ring substituents is 1. The third-order valence-electron chi connectivity index (χ3n) is 3.47. The second-order valence-corrected chi connectivity index (χ2v) is 5.15. The van der Waals surface area contributed by atoms with Gasteiger partial charge in [-0.1, -0.05) is 24.3 Å². The van der Waals surface area contributed by atoms with Gasteiger partial charge in [-0.25, -0.2) is 5.43 Å². The Morgan fingerprint density at radius 2 is 1.96 bits per heavy atom. The molecule has 0 aliphatic carbocycles. The fraction of sp³-hybridized carbons (Fsp3) is 0. The van der Waals surface area contributed by atoms with Gasteiger partial charge >= 0.3 is 0 Å². The minimum Gasteiger partial charge on any atom is -0.321 e. The minimum atomic E-state index is -0.614. The zero-order chi connectivity index (χ0) is 17.8. The van der Waals surface area contributed by atoms with Gasteiger partial charge in [0.15, 0.2) is 0 Å². The molecule has 0 spiro atoms. The van der Waals surface area contributed by atoms with Crippen molar-refractivity contribution in [3.8, 4) is 0 Å². The number of nitro groups is 1. The molecule has 124 valence electrons. The average molecular weight is 336 g/mol. The normalized spacial score (nSPS) is 10.9. The molecule has 1 aromatic heterocycles. The number of carbonyl (C=O) groups is 1. The zero-order valence-electron chi connectivity index (χ0n) is 12.8. The van der Waals surface area contributed by atoms with E-state index in [1.807, 2.05) is 18.2 Å². The van der Waals surface area contributed by atoms with E-state index in [9.17, 15) is 19.7 Å². The molecule has 0 unspecified atom stereocenters. The number of aromatic amines is 1. The minimum absolute atomic E-state index is 0.0961. The highest BCUT2D eigenvalue weighted by molar-refractivity contribution is 5.95. The number of para-hydroxylation sites is 1. The summed E-state index contributed by atoms with van der Waals surface area (Å²) < 4.78 is 0. The molecule has 0 bridgehead atoms. The number of nitrogens with one attached hydrogen (secondary N) is 2. The Balaban J connectivity index is 1.78. The molecule has 0 fully saturated rings. The molecule has 0 saturated heterocycles. The van der Waals surface area contributed by atoms with Crippen molar-refractivity contribution in [1.82, 2.24) is 10.4 Å². The maximum atomic E-state index is 12.0. The Labute approximate surface area is 141 Å². The third kappa shape index (κ3) is 3.58. The lowest BCUT2D eigenvalue weighted by atomic mass is 10.2. The summed E-state index contributed by atoms with van der Waals surface area (Å²) in [5.41, 5.74) is 2.78. The van der Waals surface area contributed by atoms with Gasteiger partial charge < -0.3 is 4.98 Å². The second kappa shape index (κ2) is 6.75. The lowest BCUT2D eigenvalue weighted by Gasteiger charge is -2.01. The summed E-state index contributed by atoms with van der Waals surface area (Å²) >= 11 is 0. The lowest BCUT2D eigenvalue weighted by molar-refractivity contribution is -0.384. The molecule has 25 heavy (non-hydrogen) atoms. The average Bonchev–Trinajstić information content (AvgIpc) is 2.62. The maximum Gasteiger partial charge on any atom is 0.271 e. The fourth-order valence-electron chi connectivity index (χ4n) is 2.25. The first-order chi connectivity index (χ1) is 12.0. The molecule has 0 atom stereocenters. The third-order valence-corrected chi connectivity index (χ3v) is 3.47. The molecule has 0 aliphatic heterocycles. The number of hydrogen-bond donors (Lipinski definition) is 2. The first-order valence-corrected chi connectivity index (χ1v) is 7.24. The van der Waals surface area contributed by atoms with E-state index in [4.69, 9.17) is 0 Å². The van der Waals surface area contributed by atoms with Crippen LogP contribution in [-0.2, 0) is 0 Å². The van der Waals surface area contributed by atoms with Crippen LogP contribution in [0.3, 0.4) is 0 Å². The monoisotopic (exact) mass is 336 g/mol. The summed E-state index contributed by atoms with van der Waals surface area (Å²) in [6, 6.07) is 14.2. The van der Waals surface area contributed by atoms with Gasteiger partial charge in [0.25, 0.3) is 17.2 Å². The quantitative estimate of drug-likeness (QED) is 0.431. The molecule has 0 saturated carbocycles. The summed E-state index contributed by atoms with van der Waals surface area (Å²) in [5.74, 6) is -0.614. The van der Waals surface area contributed by atoms with E-state index < -0.39 is 10.8 Å². The Morgan fingerprint density at radius 1 is 1.16 bits per heavy atom. The number of H-pyrrole nitrogens is 1. The van der Waals surface area contributed by atoms with E-state index >= 15 is 0 Å². The van der Waals surface area contributed by atoms with Gasteiger partial charge in [0.2, 0.25) is 0 Å². The highest BCUT2D eigenvalue weighted by atomic mass is 16.6. The van der Waals surface area contributed by atoms with Gasteiger partial charge in [0.05, 0.1) is 16.7 Å². The van der Waals surface area contributed by atoms with E-state index in [1.165, 1.54) is 24.4 Å². The highest BCUT2D eigenvalue weighted by Crippen LogP contribution is 2.13. The van der Waals surface area contributed by atoms with Crippen LogP contribution >= 0.6 is 0 Å². The molecule has 3 aromatic rings. The first-order valence-electron chi connectivity index (χ1n) is 7.24. The summed E-state index contributed by atoms with van der Waals surface area (Å²) in [5, 5.41) is 15.3. The van der Waals surface area contributed by atoms with Gasteiger partial charge in [0, 0.05) is 23.2 Å². The Hall–Kier alpha value is -3.81. The van der Waals surface area contributed by atoms with Crippen LogP contribution in [0.1, 0.15) is 15.9 Å². The van der Waals surface area contributed by atoms with Gasteiger partial charge in [0.1, 0.15) is 0 Å². The molecule has 2 aromatic carbocycles. The summed E-state index contributed by atoms with van der Waals surface area (Å²) in [7, 11) is 0. The summed E-state index contributed by atoms with van der Waals surface area (Å²) in [6.45, 7) is 0. The smallest absolute Gasteiger partial charge is 0.271 e. The van der Waals surface area contributed by atoms with Crippen LogP contribution in [0, 0.1) is 10.1 Å². The largest absolute Gasteiger partial charge is 0.321 e. The first kappa shape index (κ1) is 16.1. The molecule has 3 rings (SSSR count). The van der Waals surface area contributed by atoms with E-state index in [0.29, 0.717) is 5.52 Å². The van der Waals surface area contributed by atoms with Gasteiger partial charge in [-0.15, -0.1) is 0 Å². The summed E-state index contributed by atoms with van der Waals surface area (Å²) in [6.07, 6.45) is 1.22. The number of rotatable bonds is 4. The number of non-ortho nitro benzene ring substituents is 1. The number of aromatic nitrogens is 1. The van der Waals surface area contributed by atoms with Crippen molar-refractivity contribution in [2.24, 2.45) is 5.10 Å². The molecule has 8 heteroatoms. The van der Waals surface area contributed by atoms with Crippen molar-refractivity contribution < 1.29 is 9.72 Å². The van der Waals surface area contributed by atoms with Crippen molar-refractivity contribution >= 4 is 28.7 Å². The lowest BCUT2D eigenvalue weighted by Crippen LogP contribution is -2.19. The predicted octanol–water partition coefficient (Wildman–Crippen LogP) is 2.20. The van der Waals surface area contributed by atoms with E-state index in [0.717, 1.165) is 11.5 Å². The molecular formula is C17H12N4O4. The predicted molar refractivity (Wildman–Crippen MR) is 92.7 cm³/mol. The number of amides is 1. The van der Waals surface area contributed by atoms with Crippen LogP contribution in [-0.4, -0.2) is 22.0 Å². The molecule has 8 nitrogen and oxygen atoms in total. The van der Waals surface area contributed by atoms with Crippen molar-refractivity contribution in [1.29, 1.82) is 0 Å². The van der Waals surface area contributed by atoms with Crippen LogP contribution in [0.15, 0.2) is 64.5 Å². The van der Waals surface area contributed by atoms with Crippen LogP contribution < -0.4 is 11.0 Å². The van der Waals surface area contributed by atoms with Crippen molar-refractivity contribution in [3.05, 3.63) is 86.2 Å². The number of hydrazone groups is 1. The van der Waals surface area contributed by atoms with E-state index in [-0.39, 0.29) is 22.4 Å². The topological polar surface area (TPSA) is 117 Å². The molecule has 2 N–H and O–H groups in total. The van der Waals surface area contributed by atoms with Crippen LogP contribution in [0.5, 0.6) is 0 Å². The van der Waals surface area contributed by atoms with Crippen LogP contribution in [0.4, 0.5) is 5.69 Å². The van der Waals surface area contributed by atoms with Crippen LogP contribution in [0.25, 0.3) is 10.9 Å². The fourth-order valence-corrected chi connectivity index (χ4v) is 2.25. The van der Waals surface area contributed by atoms with Gasteiger partial charge in [-0.05, 0) is 23.6 Å². The van der Waals surface area contributed by atoms with Crippen molar-refractivity contribution in [2.75, 3.05) is 0 Å². The standard InChI is InChI=1S/C17H12N4O4/c22-16-13(8-11-4-1-2-7-15(11)19-16)10-18-20-17(23)12-5-3-6-14(9-12)21(24)25/h1-10H,(H,19,22)(H,20,23)/b18-10-. The Bertz CT molecular complexity index is 1060. The number of fused-ring (bicyclic) bond motifs is 1. The number of nitrogens with zero attached hydrogens (tertiary/aromatic N) is 2. The number of hydrogen-bond acceptors (Lipinski definition) is 5. The maximum absolute atomic E-state index is 12.0. The van der Waals surface area contributed by atoms with Gasteiger partial charge in [-0.3, -0.25) is 19.7 Å². The number of benzene rings is 2. The van der Waals surface area contributed by atoms with Crippen LogP contribution in [0.2, 0.25) is 0 Å². The molecule has 0 radical (unpaired) electrons. The van der Waals surface area contributed by atoms with Crippen molar-refractivity contribution in [3.63, 3.8) is 0 Å². The van der Waals surface area contributed by atoms with E-state index in [2.05, 4.69) is 15.5 Å². The Kier molecular flexibility index (Phi) is 4.34. The molecule has 1 amide bonds. The van der Waals surface area contributed by atoms with Crippen molar-refractivity contribution in [2.45, 2.75) is 0 Å². The Morgan fingerprint density at radius 3 is 2.76 bits per heavy atom. The molecular weight excluding hydrogens is 324 g/mol. The zero-order valence-corrected chi connectivity index (χ0v) is 12.8. The summed E-state index contributed by atoms with van der Waals surface area (Å²) in [4.78, 5) is 36.8. The van der Waals surface area contributed by atoms with Gasteiger partial charge in [-0.2, -0.15) is 5.10 Å². The molecule has 0 aliphatic rings. The number of carbonyl (C=O) groups excluding carboxylic acids is 1. The molecule has 1 heterocycles. The van der Waals surface area contributed by atoms with E-state index in [1.54, 1.807) is 12.1 Å². The number of pyridine rings is 1.